The van der Waals surface area contributed by atoms with Gasteiger partial charge in [0.25, 0.3) is 0 Å². The molecule has 0 aliphatic carbocycles. The number of alkyl halides is 3. The molecule has 4 rings (SSSR count). The minimum atomic E-state index is -4.45. The molecule has 2 unspecified atom stereocenters. The summed E-state index contributed by atoms with van der Waals surface area (Å²) in [7, 11) is 0. The van der Waals surface area contributed by atoms with Crippen LogP contribution in [0.3, 0.4) is 0 Å². The first-order valence-electron chi connectivity index (χ1n) is 9.61. The quantitative estimate of drug-likeness (QED) is 0.788. The van der Waals surface area contributed by atoms with Gasteiger partial charge < -0.3 is 14.5 Å². The monoisotopic (exact) mass is 383 g/mol. The van der Waals surface area contributed by atoms with Gasteiger partial charge in [-0.15, -0.1) is 0 Å². The Hall–Kier alpha value is -1.83. The average Bonchev–Trinajstić information content (AvgIpc) is 3.11. The smallest absolute Gasteiger partial charge is 0.381 e. The van der Waals surface area contributed by atoms with Gasteiger partial charge in [-0.25, -0.2) is 4.98 Å². The highest BCUT2D eigenvalue weighted by molar-refractivity contribution is 5.79. The second-order valence-electron chi connectivity index (χ2n) is 7.65. The summed E-state index contributed by atoms with van der Waals surface area (Å²) in [6.45, 7) is 3.22. The molecule has 2 atom stereocenters. The average molecular weight is 383 g/mol. The second kappa shape index (κ2) is 7.30. The van der Waals surface area contributed by atoms with Crippen LogP contribution in [0, 0.1) is 11.8 Å². The molecule has 3 fully saturated rings. The normalized spacial score (nSPS) is 26.9. The molecule has 5 nitrogen and oxygen atoms in total. The molecule has 1 amide bonds. The number of anilines is 1. The molecule has 148 valence electrons. The Bertz CT molecular complexity index is 691. The van der Waals surface area contributed by atoms with Crippen LogP contribution in [0.15, 0.2) is 18.2 Å². The van der Waals surface area contributed by atoms with Gasteiger partial charge in [0.1, 0.15) is 11.5 Å². The van der Waals surface area contributed by atoms with Crippen LogP contribution < -0.4 is 4.90 Å². The van der Waals surface area contributed by atoms with Gasteiger partial charge >= 0.3 is 6.18 Å². The van der Waals surface area contributed by atoms with Crippen molar-refractivity contribution >= 4 is 11.7 Å². The zero-order chi connectivity index (χ0) is 19.0. The molecule has 3 saturated heterocycles. The van der Waals surface area contributed by atoms with Crippen LogP contribution in [-0.4, -0.2) is 54.7 Å². The second-order valence-corrected chi connectivity index (χ2v) is 7.65. The first-order chi connectivity index (χ1) is 12.9. The standard InChI is InChI=1S/C19H24F3N3O2/c20-19(21,22)16-2-1-3-17(23-16)24-8-4-13-5-9-25(15(13)12-24)18(26)14-6-10-27-11-7-14/h1-3,13-15H,4-12H2. The predicted octanol–water partition coefficient (Wildman–Crippen LogP) is 2.95. The molecular weight excluding hydrogens is 359 g/mol. The van der Waals surface area contributed by atoms with E-state index in [9.17, 15) is 18.0 Å². The summed E-state index contributed by atoms with van der Waals surface area (Å²) in [4.78, 5) is 20.7. The van der Waals surface area contributed by atoms with Crippen molar-refractivity contribution in [3.8, 4) is 0 Å². The molecule has 0 aromatic carbocycles. The van der Waals surface area contributed by atoms with Crippen LogP contribution >= 0.6 is 0 Å². The number of carbonyl (C=O) groups excluding carboxylic acids is 1. The summed E-state index contributed by atoms with van der Waals surface area (Å²) in [5, 5.41) is 0. The molecule has 0 radical (unpaired) electrons. The number of rotatable bonds is 2. The van der Waals surface area contributed by atoms with Crippen LogP contribution in [-0.2, 0) is 15.7 Å². The highest BCUT2D eigenvalue weighted by atomic mass is 19.4. The van der Waals surface area contributed by atoms with E-state index in [1.807, 2.05) is 9.80 Å². The number of ether oxygens (including phenoxy) is 1. The maximum Gasteiger partial charge on any atom is 0.433 e. The Labute approximate surface area is 156 Å². The van der Waals surface area contributed by atoms with Crippen molar-refractivity contribution in [1.82, 2.24) is 9.88 Å². The summed E-state index contributed by atoms with van der Waals surface area (Å²) >= 11 is 0. The topological polar surface area (TPSA) is 45.7 Å². The largest absolute Gasteiger partial charge is 0.433 e. The number of halogens is 3. The predicted molar refractivity (Wildman–Crippen MR) is 93.2 cm³/mol. The Morgan fingerprint density at radius 1 is 1.11 bits per heavy atom. The summed E-state index contributed by atoms with van der Waals surface area (Å²) < 4.78 is 44.3. The van der Waals surface area contributed by atoms with Gasteiger partial charge in [0.05, 0.1) is 6.04 Å². The number of piperidine rings is 1. The first-order valence-corrected chi connectivity index (χ1v) is 9.61. The molecular formula is C19H24F3N3O2. The molecule has 0 spiro atoms. The minimum Gasteiger partial charge on any atom is -0.381 e. The van der Waals surface area contributed by atoms with Crippen molar-refractivity contribution < 1.29 is 22.7 Å². The number of fused-ring (bicyclic) bond motifs is 1. The van der Waals surface area contributed by atoms with Gasteiger partial charge in [0.15, 0.2) is 0 Å². The molecule has 3 aliphatic rings. The third kappa shape index (κ3) is 3.77. The third-order valence-corrected chi connectivity index (χ3v) is 6.06. The maximum atomic E-state index is 13.0. The van der Waals surface area contributed by atoms with Gasteiger partial charge in [0, 0.05) is 38.8 Å². The third-order valence-electron chi connectivity index (χ3n) is 6.06. The Kier molecular flexibility index (Phi) is 5.01. The summed E-state index contributed by atoms with van der Waals surface area (Å²) in [6, 6.07) is 4.07. The highest BCUT2D eigenvalue weighted by Crippen LogP contribution is 2.36. The number of hydrogen-bond acceptors (Lipinski definition) is 4. The molecule has 27 heavy (non-hydrogen) atoms. The summed E-state index contributed by atoms with van der Waals surface area (Å²) in [5.41, 5.74) is -0.872. The number of nitrogens with zero attached hydrogens (tertiary/aromatic N) is 3. The molecule has 1 aromatic rings. The van der Waals surface area contributed by atoms with Gasteiger partial charge in [-0.1, -0.05) is 6.07 Å². The lowest BCUT2D eigenvalue weighted by molar-refractivity contribution is -0.141. The van der Waals surface area contributed by atoms with Crippen molar-refractivity contribution in [3.05, 3.63) is 23.9 Å². The van der Waals surface area contributed by atoms with E-state index < -0.39 is 11.9 Å². The Morgan fingerprint density at radius 2 is 1.85 bits per heavy atom. The van der Waals surface area contributed by atoms with Crippen molar-refractivity contribution in [2.45, 2.75) is 37.9 Å². The number of amides is 1. The minimum absolute atomic E-state index is 0.0135. The fourth-order valence-electron chi connectivity index (χ4n) is 4.56. The molecule has 0 bridgehead atoms. The zero-order valence-electron chi connectivity index (χ0n) is 15.1. The van der Waals surface area contributed by atoms with Crippen molar-refractivity contribution in [2.75, 3.05) is 37.7 Å². The fraction of sp³-hybridized carbons (Fsp3) is 0.684. The number of carbonyl (C=O) groups is 1. The van der Waals surface area contributed by atoms with E-state index in [4.69, 9.17) is 4.74 Å². The fourth-order valence-corrected chi connectivity index (χ4v) is 4.56. The molecule has 0 saturated carbocycles. The highest BCUT2D eigenvalue weighted by Gasteiger charge is 2.43. The van der Waals surface area contributed by atoms with Crippen molar-refractivity contribution in [3.63, 3.8) is 0 Å². The van der Waals surface area contributed by atoms with E-state index >= 15 is 0 Å². The zero-order valence-corrected chi connectivity index (χ0v) is 15.1. The lowest BCUT2D eigenvalue weighted by Gasteiger charge is -2.40. The number of pyridine rings is 1. The van der Waals surface area contributed by atoms with Crippen molar-refractivity contribution in [2.24, 2.45) is 11.8 Å². The maximum absolute atomic E-state index is 13.0. The van der Waals surface area contributed by atoms with E-state index in [0.29, 0.717) is 38.0 Å². The van der Waals surface area contributed by atoms with E-state index in [1.165, 1.54) is 6.07 Å². The molecule has 4 heterocycles. The molecule has 1 aromatic heterocycles. The van der Waals surface area contributed by atoms with Crippen LogP contribution in [0.1, 0.15) is 31.4 Å². The number of aromatic nitrogens is 1. The van der Waals surface area contributed by atoms with Crippen LogP contribution in [0.2, 0.25) is 0 Å². The van der Waals surface area contributed by atoms with E-state index in [1.54, 1.807) is 6.07 Å². The van der Waals surface area contributed by atoms with Gasteiger partial charge in [0.2, 0.25) is 5.91 Å². The van der Waals surface area contributed by atoms with Gasteiger partial charge in [-0.05, 0) is 43.7 Å². The molecule has 3 aliphatic heterocycles. The van der Waals surface area contributed by atoms with Gasteiger partial charge in [-0.2, -0.15) is 13.2 Å². The lowest BCUT2D eigenvalue weighted by atomic mass is 9.91. The van der Waals surface area contributed by atoms with Crippen LogP contribution in [0.5, 0.6) is 0 Å². The van der Waals surface area contributed by atoms with Crippen molar-refractivity contribution in [1.29, 1.82) is 0 Å². The van der Waals surface area contributed by atoms with Crippen LogP contribution in [0.4, 0.5) is 19.0 Å². The number of likely N-dealkylation sites (tertiary alicyclic amines) is 1. The van der Waals surface area contributed by atoms with E-state index in [-0.39, 0.29) is 17.9 Å². The lowest BCUT2D eigenvalue weighted by Crippen LogP contribution is -2.51. The summed E-state index contributed by atoms with van der Waals surface area (Å²) in [5.74, 6) is 0.966. The number of hydrogen-bond donors (Lipinski definition) is 0. The molecule has 8 heteroatoms. The van der Waals surface area contributed by atoms with Crippen LogP contribution in [0.25, 0.3) is 0 Å². The summed E-state index contributed by atoms with van der Waals surface area (Å²) in [6.07, 6.45) is -1.09. The van der Waals surface area contributed by atoms with Gasteiger partial charge in [-0.3, -0.25) is 4.79 Å². The Morgan fingerprint density at radius 3 is 2.59 bits per heavy atom. The first kappa shape index (κ1) is 18.5. The van der Waals surface area contributed by atoms with E-state index in [0.717, 1.165) is 38.3 Å². The molecule has 0 N–H and O–H groups in total. The Balaban J connectivity index is 1.49. The van der Waals surface area contributed by atoms with E-state index in [2.05, 4.69) is 4.98 Å². The SMILES string of the molecule is O=C(C1CCOCC1)N1CCC2CCN(c3cccc(C(F)(F)F)n3)CC21.